The van der Waals surface area contributed by atoms with E-state index in [0.29, 0.717) is 6.54 Å². The van der Waals surface area contributed by atoms with Crippen LogP contribution in [0.15, 0.2) is 35.0 Å². The molecule has 0 aliphatic carbocycles. The number of aliphatic hydroxyl groups excluding tert-OH is 1. The standard InChI is InChI=1S/C13H14N2O3S2/c16-10(11-4-2-6-20-11)8-15-13(18)12(17)14-7-9-3-1-5-19-9/h1-6,10,16H,7-8H2,(H,14,17)(H,15,18)/t10-/m1/s1. The highest BCUT2D eigenvalue weighted by molar-refractivity contribution is 7.10. The van der Waals surface area contributed by atoms with Gasteiger partial charge in [-0.1, -0.05) is 12.1 Å². The smallest absolute Gasteiger partial charge is 0.309 e. The molecule has 2 amide bonds. The van der Waals surface area contributed by atoms with Gasteiger partial charge in [-0.3, -0.25) is 9.59 Å². The maximum Gasteiger partial charge on any atom is 0.309 e. The highest BCUT2D eigenvalue weighted by Gasteiger charge is 2.15. The van der Waals surface area contributed by atoms with E-state index in [1.807, 2.05) is 29.0 Å². The lowest BCUT2D eigenvalue weighted by Gasteiger charge is -2.10. The van der Waals surface area contributed by atoms with Crippen LogP contribution in [0.1, 0.15) is 15.9 Å². The fourth-order valence-electron chi connectivity index (χ4n) is 1.51. The zero-order chi connectivity index (χ0) is 14.4. The van der Waals surface area contributed by atoms with Crippen LogP contribution in [0.5, 0.6) is 0 Å². The monoisotopic (exact) mass is 310 g/mol. The Bertz CT molecular complexity index is 552. The molecule has 0 unspecified atom stereocenters. The van der Waals surface area contributed by atoms with E-state index >= 15 is 0 Å². The summed E-state index contributed by atoms with van der Waals surface area (Å²) in [6.45, 7) is 0.350. The molecule has 106 valence electrons. The van der Waals surface area contributed by atoms with E-state index < -0.39 is 17.9 Å². The molecule has 0 aromatic carbocycles. The summed E-state index contributed by atoms with van der Waals surface area (Å²) in [5, 5.41) is 18.5. The van der Waals surface area contributed by atoms with E-state index in [4.69, 9.17) is 0 Å². The molecule has 2 heterocycles. The molecule has 1 atom stereocenters. The number of nitrogens with one attached hydrogen (secondary N) is 2. The van der Waals surface area contributed by atoms with Crippen molar-refractivity contribution in [3.8, 4) is 0 Å². The number of rotatable bonds is 5. The van der Waals surface area contributed by atoms with Gasteiger partial charge in [0.2, 0.25) is 0 Å². The zero-order valence-corrected chi connectivity index (χ0v) is 12.2. The summed E-state index contributed by atoms with van der Waals surface area (Å²) in [6.07, 6.45) is -0.788. The van der Waals surface area contributed by atoms with Gasteiger partial charge in [0, 0.05) is 16.3 Å². The predicted molar refractivity (Wildman–Crippen MR) is 78.5 cm³/mol. The van der Waals surface area contributed by atoms with Gasteiger partial charge in [-0.25, -0.2) is 0 Å². The number of carbonyl (C=O) groups excluding carboxylic acids is 2. The third kappa shape index (κ3) is 4.16. The van der Waals surface area contributed by atoms with Crippen LogP contribution >= 0.6 is 22.7 Å². The van der Waals surface area contributed by atoms with Gasteiger partial charge in [-0.05, 0) is 22.9 Å². The van der Waals surface area contributed by atoms with Gasteiger partial charge in [0.1, 0.15) is 6.10 Å². The first-order valence-corrected chi connectivity index (χ1v) is 7.72. The van der Waals surface area contributed by atoms with Crippen molar-refractivity contribution in [1.29, 1.82) is 0 Å². The number of hydrogen-bond donors (Lipinski definition) is 3. The van der Waals surface area contributed by atoms with E-state index in [1.165, 1.54) is 22.7 Å². The second-order valence-electron chi connectivity index (χ2n) is 4.00. The Hall–Kier alpha value is -1.70. The molecular weight excluding hydrogens is 296 g/mol. The molecule has 0 radical (unpaired) electrons. The molecule has 3 N–H and O–H groups in total. The van der Waals surface area contributed by atoms with Gasteiger partial charge >= 0.3 is 11.8 Å². The second kappa shape index (κ2) is 7.18. The van der Waals surface area contributed by atoms with E-state index in [1.54, 1.807) is 6.07 Å². The minimum Gasteiger partial charge on any atom is -0.386 e. The van der Waals surface area contributed by atoms with E-state index in [9.17, 15) is 14.7 Å². The Morgan fingerprint density at radius 3 is 2.45 bits per heavy atom. The third-order valence-electron chi connectivity index (χ3n) is 2.54. The third-order valence-corrected chi connectivity index (χ3v) is 4.39. The SMILES string of the molecule is O=C(NCc1cccs1)C(=O)NC[C@@H](O)c1cccs1. The minimum absolute atomic E-state index is 0.0196. The van der Waals surface area contributed by atoms with Crippen molar-refractivity contribution in [2.45, 2.75) is 12.6 Å². The highest BCUT2D eigenvalue weighted by Crippen LogP contribution is 2.17. The number of amides is 2. The first-order chi connectivity index (χ1) is 9.66. The van der Waals surface area contributed by atoms with Crippen LogP contribution < -0.4 is 10.6 Å². The molecular formula is C13H14N2O3S2. The molecule has 7 heteroatoms. The van der Waals surface area contributed by atoms with Crippen LogP contribution in [0.2, 0.25) is 0 Å². The fourth-order valence-corrected chi connectivity index (χ4v) is 2.87. The summed E-state index contributed by atoms with van der Waals surface area (Å²) < 4.78 is 0. The molecule has 2 aromatic rings. The lowest BCUT2D eigenvalue weighted by Crippen LogP contribution is -2.40. The lowest BCUT2D eigenvalue weighted by atomic mass is 10.3. The molecule has 0 aliphatic rings. The Labute approximate surface area is 124 Å². The van der Waals surface area contributed by atoms with E-state index in [0.717, 1.165) is 9.75 Å². The van der Waals surface area contributed by atoms with Gasteiger partial charge in [-0.2, -0.15) is 0 Å². The van der Waals surface area contributed by atoms with Crippen molar-refractivity contribution in [2.75, 3.05) is 6.54 Å². The molecule has 2 rings (SSSR count). The zero-order valence-electron chi connectivity index (χ0n) is 10.5. The van der Waals surface area contributed by atoms with Crippen LogP contribution in [0.4, 0.5) is 0 Å². The molecule has 0 bridgehead atoms. The lowest BCUT2D eigenvalue weighted by molar-refractivity contribution is -0.139. The predicted octanol–water partition coefficient (Wildman–Crippen LogP) is 1.28. The van der Waals surface area contributed by atoms with Crippen LogP contribution in [0.25, 0.3) is 0 Å². The van der Waals surface area contributed by atoms with Crippen molar-refractivity contribution in [3.63, 3.8) is 0 Å². The van der Waals surface area contributed by atoms with Gasteiger partial charge in [-0.15, -0.1) is 22.7 Å². The molecule has 0 fully saturated rings. The Morgan fingerprint density at radius 2 is 1.80 bits per heavy atom. The number of carbonyl (C=O) groups is 2. The summed E-state index contributed by atoms with van der Waals surface area (Å²) in [5.41, 5.74) is 0. The first kappa shape index (κ1) is 14.7. The summed E-state index contributed by atoms with van der Waals surface area (Å²) in [5.74, 6) is -1.44. The second-order valence-corrected chi connectivity index (χ2v) is 6.01. The topological polar surface area (TPSA) is 78.4 Å². The minimum atomic E-state index is -0.788. The molecule has 5 nitrogen and oxygen atoms in total. The van der Waals surface area contributed by atoms with Crippen molar-refractivity contribution >= 4 is 34.5 Å². The van der Waals surface area contributed by atoms with Crippen LogP contribution in [0.3, 0.4) is 0 Å². The van der Waals surface area contributed by atoms with Crippen molar-refractivity contribution in [2.24, 2.45) is 0 Å². The van der Waals surface area contributed by atoms with Crippen LogP contribution in [0, 0.1) is 0 Å². The average Bonchev–Trinajstić information content (AvgIpc) is 3.13. The Morgan fingerprint density at radius 1 is 1.10 bits per heavy atom. The van der Waals surface area contributed by atoms with Crippen LogP contribution in [-0.4, -0.2) is 23.5 Å². The number of hydrogen-bond acceptors (Lipinski definition) is 5. The summed E-state index contributed by atoms with van der Waals surface area (Å²) in [6, 6.07) is 7.35. The first-order valence-electron chi connectivity index (χ1n) is 5.96. The van der Waals surface area contributed by atoms with Crippen molar-refractivity contribution in [1.82, 2.24) is 10.6 Å². The van der Waals surface area contributed by atoms with Gasteiger partial charge in [0.25, 0.3) is 0 Å². The van der Waals surface area contributed by atoms with E-state index in [2.05, 4.69) is 10.6 Å². The quantitative estimate of drug-likeness (QED) is 0.728. The van der Waals surface area contributed by atoms with Crippen molar-refractivity contribution < 1.29 is 14.7 Å². The molecule has 0 aliphatic heterocycles. The van der Waals surface area contributed by atoms with Gasteiger partial charge in [0.15, 0.2) is 0 Å². The molecule has 2 aromatic heterocycles. The molecule has 0 saturated heterocycles. The molecule has 20 heavy (non-hydrogen) atoms. The van der Waals surface area contributed by atoms with E-state index in [-0.39, 0.29) is 6.54 Å². The maximum absolute atomic E-state index is 11.5. The average molecular weight is 310 g/mol. The summed E-state index contributed by atoms with van der Waals surface area (Å²) >= 11 is 2.91. The Balaban J connectivity index is 1.72. The summed E-state index contributed by atoms with van der Waals surface area (Å²) in [7, 11) is 0. The van der Waals surface area contributed by atoms with Crippen LogP contribution in [-0.2, 0) is 16.1 Å². The largest absolute Gasteiger partial charge is 0.386 e. The maximum atomic E-state index is 11.5. The number of thiophene rings is 2. The molecule has 0 saturated carbocycles. The van der Waals surface area contributed by atoms with Crippen molar-refractivity contribution in [3.05, 3.63) is 44.8 Å². The Kier molecular flexibility index (Phi) is 5.28. The fraction of sp³-hybridized carbons (Fsp3) is 0.231. The number of aliphatic hydroxyl groups is 1. The normalized spacial score (nSPS) is 11.8. The summed E-state index contributed by atoms with van der Waals surface area (Å²) in [4.78, 5) is 24.8. The highest BCUT2D eigenvalue weighted by atomic mass is 32.1. The van der Waals surface area contributed by atoms with Gasteiger partial charge < -0.3 is 15.7 Å². The van der Waals surface area contributed by atoms with Gasteiger partial charge in [0.05, 0.1) is 6.54 Å². The molecule has 0 spiro atoms.